The molecule has 2 rings (SSSR count). The van der Waals surface area contributed by atoms with Crippen LogP contribution in [-0.4, -0.2) is 28.8 Å². The van der Waals surface area contributed by atoms with E-state index in [0.717, 1.165) is 31.2 Å². The first-order valence-corrected chi connectivity index (χ1v) is 10.1. The van der Waals surface area contributed by atoms with Gasteiger partial charge in [0.15, 0.2) is 0 Å². The van der Waals surface area contributed by atoms with E-state index >= 15 is 0 Å². The first kappa shape index (κ1) is 21.7. The lowest BCUT2D eigenvalue weighted by molar-refractivity contribution is -0.133. The highest BCUT2D eigenvalue weighted by Gasteiger charge is 2.29. The Morgan fingerprint density at radius 2 is 1.93 bits per heavy atom. The highest BCUT2D eigenvalue weighted by atomic mass is 35.5. The molecule has 2 atom stereocenters. The van der Waals surface area contributed by atoms with Crippen molar-refractivity contribution in [3.05, 3.63) is 28.8 Å². The van der Waals surface area contributed by atoms with Crippen LogP contribution in [0.1, 0.15) is 65.4 Å². The molecule has 1 aliphatic rings. The Kier molecular flexibility index (Phi) is 7.29. The topological polar surface area (TPSA) is 75.4 Å². The van der Waals surface area contributed by atoms with Gasteiger partial charge < -0.3 is 16.0 Å². The number of carbonyl (C=O) groups excluding carboxylic acids is 2. The van der Waals surface area contributed by atoms with Gasteiger partial charge in [-0.15, -0.1) is 0 Å². The number of amides is 2. The fourth-order valence-electron chi connectivity index (χ4n) is 3.63. The fourth-order valence-corrected chi connectivity index (χ4v) is 3.81. The molecule has 1 fully saturated rings. The molecule has 0 heterocycles. The molecular weight excluding hydrogens is 362 g/mol. The maximum atomic E-state index is 12.3. The number of hydrogen-bond acceptors (Lipinski definition) is 3. The summed E-state index contributed by atoms with van der Waals surface area (Å²) in [5.41, 5.74) is 7.71. The summed E-state index contributed by atoms with van der Waals surface area (Å²) < 4.78 is 0. The predicted octanol–water partition coefficient (Wildman–Crippen LogP) is 4.33. The van der Waals surface area contributed by atoms with Crippen LogP contribution in [0.25, 0.3) is 0 Å². The maximum Gasteiger partial charge on any atom is 0.224 e. The Morgan fingerprint density at radius 3 is 2.52 bits per heavy atom. The monoisotopic (exact) mass is 393 g/mol. The third-order valence-electron chi connectivity index (χ3n) is 4.95. The van der Waals surface area contributed by atoms with Crippen LogP contribution in [-0.2, 0) is 16.1 Å². The van der Waals surface area contributed by atoms with E-state index in [2.05, 4.69) is 5.32 Å². The van der Waals surface area contributed by atoms with E-state index in [1.165, 1.54) is 0 Å². The number of halogens is 1. The molecule has 0 spiro atoms. The molecule has 1 saturated carbocycles. The lowest BCUT2D eigenvalue weighted by Gasteiger charge is -2.38. The second kappa shape index (κ2) is 9.07. The summed E-state index contributed by atoms with van der Waals surface area (Å²) in [6.07, 6.45) is 4.48. The van der Waals surface area contributed by atoms with Crippen LogP contribution >= 0.6 is 11.6 Å². The highest BCUT2D eigenvalue weighted by molar-refractivity contribution is 6.31. The number of benzene rings is 1. The smallest absolute Gasteiger partial charge is 0.224 e. The second-order valence-corrected chi connectivity index (χ2v) is 9.16. The molecule has 6 heteroatoms. The number of nitrogens with two attached hydrogens (primary N) is 1. The van der Waals surface area contributed by atoms with E-state index in [0.29, 0.717) is 23.7 Å². The standard InChI is InChI=1S/C21H32ClN3O2/c1-14(26)25(19-8-6-5-7-18(19)23)13-15-11-16(9-10-17(15)22)24-20(27)12-21(2,3)4/h9-11,18-19H,5-8,12-13,23H2,1-4H3,(H,24,27). The van der Waals surface area contributed by atoms with E-state index < -0.39 is 0 Å². The van der Waals surface area contributed by atoms with Crippen molar-refractivity contribution in [1.29, 1.82) is 0 Å². The number of anilines is 1. The predicted molar refractivity (Wildman–Crippen MR) is 111 cm³/mol. The molecule has 0 aromatic heterocycles. The van der Waals surface area contributed by atoms with Gasteiger partial charge in [0.2, 0.25) is 11.8 Å². The normalized spacial score (nSPS) is 20.2. The minimum Gasteiger partial charge on any atom is -0.334 e. The molecule has 1 aromatic carbocycles. The average Bonchev–Trinajstić information content (AvgIpc) is 2.54. The van der Waals surface area contributed by atoms with E-state index in [4.69, 9.17) is 17.3 Å². The molecule has 2 unspecified atom stereocenters. The summed E-state index contributed by atoms with van der Waals surface area (Å²) in [7, 11) is 0. The summed E-state index contributed by atoms with van der Waals surface area (Å²) in [5, 5.41) is 3.51. The van der Waals surface area contributed by atoms with Gasteiger partial charge in [0.1, 0.15) is 0 Å². The molecular formula is C21H32ClN3O2. The number of nitrogens with zero attached hydrogens (tertiary/aromatic N) is 1. The van der Waals surface area contributed by atoms with Crippen LogP contribution in [0.5, 0.6) is 0 Å². The largest absolute Gasteiger partial charge is 0.334 e. The molecule has 3 N–H and O–H groups in total. The molecule has 1 aliphatic carbocycles. The average molecular weight is 394 g/mol. The van der Waals surface area contributed by atoms with E-state index in [1.807, 2.05) is 31.7 Å². The zero-order valence-corrected chi connectivity index (χ0v) is 17.6. The van der Waals surface area contributed by atoms with Crippen molar-refractivity contribution in [3.63, 3.8) is 0 Å². The first-order valence-electron chi connectivity index (χ1n) is 9.68. The van der Waals surface area contributed by atoms with Gasteiger partial charge in [0.05, 0.1) is 0 Å². The zero-order valence-electron chi connectivity index (χ0n) is 16.8. The van der Waals surface area contributed by atoms with Crippen molar-refractivity contribution in [1.82, 2.24) is 4.90 Å². The zero-order chi connectivity index (χ0) is 20.2. The van der Waals surface area contributed by atoms with Crippen molar-refractivity contribution in [2.45, 2.75) is 78.4 Å². The summed E-state index contributed by atoms with van der Waals surface area (Å²) in [6.45, 7) is 8.05. The molecule has 150 valence electrons. The summed E-state index contributed by atoms with van der Waals surface area (Å²) >= 11 is 6.38. The van der Waals surface area contributed by atoms with Gasteiger partial charge in [0.25, 0.3) is 0 Å². The molecule has 0 saturated heterocycles. The van der Waals surface area contributed by atoms with Gasteiger partial charge in [-0.25, -0.2) is 0 Å². The van der Waals surface area contributed by atoms with Gasteiger partial charge in [-0.05, 0) is 42.0 Å². The Bertz CT molecular complexity index is 684. The van der Waals surface area contributed by atoms with Gasteiger partial charge in [-0.1, -0.05) is 45.2 Å². The van der Waals surface area contributed by atoms with Crippen molar-refractivity contribution in [2.75, 3.05) is 5.32 Å². The molecule has 2 amide bonds. The van der Waals surface area contributed by atoms with Crippen molar-refractivity contribution in [2.24, 2.45) is 11.1 Å². The van der Waals surface area contributed by atoms with E-state index in [1.54, 1.807) is 19.1 Å². The fraction of sp³-hybridized carbons (Fsp3) is 0.619. The lowest BCUT2D eigenvalue weighted by atomic mass is 9.89. The maximum absolute atomic E-state index is 12.3. The van der Waals surface area contributed by atoms with E-state index in [-0.39, 0.29) is 29.3 Å². The summed E-state index contributed by atoms with van der Waals surface area (Å²) in [4.78, 5) is 26.3. The van der Waals surface area contributed by atoms with Crippen LogP contribution in [0, 0.1) is 5.41 Å². The summed E-state index contributed by atoms with van der Waals surface area (Å²) in [5.74, 6) is -0.0379. The first-order chi connectivity index (χ1) is 12.6. The minimum atomic E-state index is -0.0815. The second-order valence-electron chi connectivity index (χ2n) is 8.75. The third-order valence-corrected chi connectivity index (χ3v) is 5.32. The van der Waals surface area contributed by atoms with Gasteiger partial charge >= 0.3 is 0 Å². The van der Waals surface area contributed by atoms with Crippen LogP contribution in [0.15, 0.2) is 18.2 Å². The van der Waals surface area contributed by atoms with Crippen LogP contribution in [0.4, 0.5) is 5.69 Å². The SMILES string of the molecule is CC(=O)N(Cc1cc(NC(=O)CC(C)(C)C)ccc1Cl)C1CCCCC1N. The number of carbonyl (C=O) groups is 2. The Labute approximate surface area is 167 Å². The summed E-state index contributed by atoms with van der Waals surface area (Å²) in [6, 6.07) is 5.44. The molecule has 0 radical (unpaired) electrons. The number of rotatable bonds is 5. The van der Waals surface area contributed by atoms with Crippen molar-refractivity contribution in [3.8, 4) is 0 Å². The molecule has 5 nitrogen and oxygen atoms in total. The quantitative estimate of drug-likeness (QED) is 0.781. The Morgan fingerprint density at radius 1 is 1.26 bits per heavy atom. The molecule has 1 aromatic rings. The van der Waals surface area contributed by atoms with Crippen LogP contribution < -0.4 is 11.1 Å². The highest BCUT2D eigenvalue weighted by Crippen LogP contribution is 2.28. The minimum absolute atomic E-state index is 0.00361. The molecule has 27 heavy (non-hydrogen) atoms. The van der Waals surface area contributed by atoms with Crippen LogP contribution in [0.3, 0.4) is 0 Å². The number of nitrogens with one attached hydrogen (secondary N) is 1. The molecule has 0 aliphatic heterocycles. The lowest BCUT2D eigenvalue weighted by Crippen LogP contribution is -2.51. The Balaban J connectivity index is 2.16. The third kappa shape index (κ3) is 6.51. The Hall–Kier alpha value is -1.59. The number of hydrogen-bond donors (Lipinski definition) is 2. The van der Waals surface area contributed by atoms with E-state index in [9.17, 15) is 9.59 Å². The van der Waals surface area contributed by atoms with Crippen LogP contribution in [0.2, 0.25) is 5.02 Å². The van der Waals surface area contributed by atoms with Crippen molar-refractivity contribution >= 4 is 29.1 Å². The van der Waals surface area contributed by atoms with Gasteiger partial charge in [-0.3, -0.25) is 9.59 Å². The van der Waals surface area contributed by atoms with Crippen molar-refractivity contribution < 1.29 is 9.59 Å². The van der Waals surface area contributed by atoms with Gasteiger partial charge in [0, 0.05) is 42.7 Å². The van der Waals surface area contributed by atoms with Gasteiger partial charge in [-0.2, -0.15) is 0 Å². The molecule has 0 bridgehead atoms.